The fraction of sp³-hybridized carbons (Fsp3) is 0.250. The van der Waals surface area contributed by atoms with Gasteiger partial charge in [-0.2, -0.15) is 5.10 Å². The molecule has 0 saturated heterocycles. The average Bonchev–Trinajstić information content (AvgIpc) is 1.69. The van der Waals surface area contributed by atoms with Crippen molar-refractivity contribution in [3.8, 4) is 0 Å². The average molecular weight is 180 g/mol. The second kappa shape index (κ2) is 4.67. The molecule has 8 heavy (non-hydrogen) atoms. The Labute approximate surface area is 96.7 Å². The molecule has 0 aliphatic heterocycles. The summed E-state index contributed by atoms with van der Waals surface area (Å²) in [5.74, 6) is 0. The zero-order chi connectivity index (χ0) is 5.11. The SMILES string of the molecule is Cc1cn[c-]nn1.[Rb+]. The number of aromatic nitrogens is 3. The largest absolute Gasteiger partial charge is 1.00 e. The van der Waals surface area contributed by atoms with Crippen LogP contribution >= 0.6 is 0 Å². The molecule has 0 N–H and O–H groups in total. The molecule has 0 amide bonds. The van der Waals surface area contributed by atoms with Crippen molar-refractivity contribution in [2.75, 3.05) is 0 Å². The van der Waals surface area contributed by atoms with Crippen molar-refractivity contribution in [3.63, 3.8) is 0 Å². The number of aryl methyl sites for hydroxylation is 1. The summed E-state index contributed by atoms with van der Waals surface area (Å²) >= 11 is 0. The molecule has 0 fully saturated rings. The molecule has 0 aliphatic carbocycles. The van der Waals surface area contributed by atoms with Crippen molar-refractivity contribution in [3.05, 3.63) is 18.2 Å². The molecule has 0 radical (unpaired) electrons. The van der Waals surface area contributed by atoms with E-state index in [1.54, 1.807) is 6.20 Å². The molecule has 0 unspecified atom stereocenters. The van der Waals surface area contributed by atoms with Gasteiger partial charge >= 0.3 is 58.2 Å². The van der Waals surface area contributed by atoms with Gasteiger partial charge in [-0.15, -0.1) is 6.20 Å². The molecule has 0 aliphatic rings. The van der Waals surface area contributed by atoms with Crippen LogP contribution in [-0.4, -0.2) is 15.2 Å². The minimum Gasteiger partial charge on any atom is -0.436 e. The Hall–Kier alpha value is 0.815. The molecule has 1 heterocycles. The maximum Gasteiger partial charge on any atom is 1.00 e. The summed E-state index contributed by atoms with van der Waals surface area (Å²) in [5, 5.41) is 7.01. The summed E-state index contributed by atoms with van der Waals surface area (Å²) in [4.78, 5) is 3.59. The molecular weight excluding hydrogens is 176 g/mol. The van der Waals surface area contributed by atoms with E-state index in [2.05, 4.69) is 21.5 Å². The van der Waals surface area contributed by atoms with Gasteiger partial charge in [0, 0.05) is 0 Å². The van der Waals surface area contributed by atoms with Crippen LogP contribution < -0.4 is 58.2 Å². The summed E-state index contributed by atoms with van der Waals surface area (Å²) < 4.78 is 0. The van der Waals surface area contributed by atoms with Gasteiger partial charge in [0.25, 0.3) is 0 Å². The molecular formula is C4H4N3Rb. The van der Waals surface area contributed by atoms with E-state index in [0.29, 0.717) is 0 Å². The molecule has 4 heteroatoms. The van der Waals surface area contributed by atoms with Crippen molar-refractivity contribution < 1.29 is 58.2 Å². The second-order valence-corrected chi connectivity index (χ2v) is 1.20. The maximum atomic E-state index is 3.61. The number of nitrogens with zero attached hydrogens (tertiary/aromatic N) is 3. The van der Waals surface area contributed by atoms with Gasteiger partial charge in [0.05, 0.1) is 0 Å². The summed E-state index contributed by atoms with van der Waals surface area (Å²) in [6.07, 6.45) is 3.93. The first-order chi connectivity index (χ1) is 3.39. The van der Waals surface area contributed by atoms with E-state index < -0.39 is 0 Å². The van der Waals surface area contributed by atoms with E-state index in [1.165, 1.54) is 0 Å². The molecule has 1 aromatic rings. The number of hydrogen-bond acceptors (Lipinski definition) is 3. The standard InChI is InChI=1S/C4H4N3.Rb/c1-4-2-5-3-6-7-4;/h2H,1H3;/q-1;+1. The molecule has 1 rings (SSSR count). The van der Waals surface area contributed by atoms with Crippen LogP contribution in [0, 0.1) is 13.3 Å². The van der Waals surface area contributed by atoms with Crippen LogP contribution in [0.2, 0.25) is 0 Å². The van der Waals surface area contributed by atoms with Crippen LogP contribution in [0.25, 0.3) is 0 Å². The van der Waals surface area contributed by atoms with Gasteiger partial charge in [-0.25, -0.2) is 5.10 Å². The van der Waals surface area contributed by atoms with E-state index in [9.17, 15) is 0 Å². The Morgan fingerprint density at radius 1 is 1.62 bits per heavy atom. The quantitative estimate of drug-likeness (QED) is 0.398. The first-order valence-corrected chi connectivity index (χ1v) is 1.92. The van der Waals surface area contributed by atoms with Gasteiger partial charge in [-0.05, 0) is 18.9 Å². The van der Waals surface area contributed by atoms with Crippen molar-refractivity contribution in [2.24, 2.45) is 0 Å². The second-order valence-electron chi connectivity index (χ2n) is 1.20. The maximum absolute atomic E-state index is 3.61. The van der Waals surface area contributed by atoms with Crippen molar-refractivity contribution in [1.82, 2.24) is 15.2 Å². The molecule has 0 bridgehead atoms. The van der Waals surface area contributed by atoms with Crippen molar-refractivity contribution >= 4 is 0 Å². The fourth-order valence-electron chi connectivity index (χ4n) is 0.275. The topological polar surface area (TPSA) is 38.7 Å². The summed E-state index contributed by atoms with van der Waals surface area (Å²) in [7, 11) is 0. The predicted molar refractivity (Wildman–Crippen MR) is 23.4 cm³/mol. The Bertz CT molecular complexity index is 141. The third-order valence-electron chi connectivity index (χ3n) is 0.562. The normalized spacial score (nSPS) is 7.62. The van der Waals surface area contributed by atoms with Crippen LogP contribution in [0.1, 0.15) is 5.69 Å². The molecule has 0 aromatic carbocycles. The van der Waals surface area contributed by atoms with Crippen molar-refractivity contribution in [2.45, 2.75) is 6.92 Å². The molecule has 0 atom stereocenters. The summed E-state index contributed by atoms with van der Waals surface area (Å²) in [5.41, 5.74) is 0.818. The van der Waals surface area contributed by atoms with Gasteiger partial charge in [0.2, 0.25) is 0 Å². The predicted octanol–water partition coefficient (Wildman–Crippen LogP) is -3.02. The third kappa shape index (κ3) is 2.97. The van der Waals surface area contributed by atoms with E-state index >= 15 is 0 Å². The molecule has 1 aromatic heterocycles. The minimum absolute atomic E-state index is 0. The number of hydrogen-bond donors (Lipinski definition) is 0. The summed E-state index contributed by atoms with van der Waals surface area (Å²) in [6.45, 7) is 1.83. The molecule has 0 saturated carbocycles. The number of rotatable bonds is 0. The zero-order valence-electron chi connectivity index (χ0n) is 4.92. The van der Waals surface area contributed by atoms with Gasteiger partial charge in [-0.1, -0.05) is 0 Å². The van der Waals surface area contributed by atoms with E-state index in [-0.39, 0.29) is 58.2 Å². The van der Waals surface area contributed by atoms with Gasteiger partial charge < -0.3 is 4.98 Å². The molecule has 3 nitrogen and oxygen atoms in total. The Morgan fingerprint density at radius 3 is 2.62 bits per heavy atom. The van der Waals surface area contributed by atoms with E-state index in [4.69, 9.17) is 0 Å². The monoisotopic (exact) mass is 179 g/mol. The third-order valence-corrected chi connectivity index (χ3v) is 0.562. The Morgan fingerprint density at radius 2 is 2.38 bits per heavy atom. The van der Waals surface area contributed by atoms with Gasteiger partial charge in [0.15, 0.2) is 0 Å². The first kappa shape index (κ1) is 8.82. The van der Waals surface area contributed by atoms with Gasteiger partial charge in [0.1, 0.15) is 0 Å². The zero-order valence-corrected chi connectivity index (χ0v) is 9.84. The van der Waals surface area contributed by atoms with Crippen molar-refractivity contribution in [1.29, 1.82) is 0 Å². The van der Waals surface area contributed by atoms with Gasteiger partial charge in [-0.3, -0.25) is 0 Å². The minimum atomic E-state index is 0. The van der Waals surface area contributed by atoms with Crippen LogP contribution in [0.15, 0.2) is 6.20 Å². The van der Waals surface area contributed by atoms with Crippen LogP contribution in [-0.2, 0) is 0 Å². The molecule has 0 spiro atoms. The van der Waals surface area contributed by atoms with E-state index in [1.807, 2.05) is 6.92 Å². The molecule has 36 valence electrons. The first-order valence-electron chi connectivity index (χ1n) is 1.92. The van der Waals surface area contributed by atoms with E-state index in [0.717, 1.165) is 5.69 Å². The fourth-order valence-corrected chi connectivity index (χ4v) is 0.275. The van der Waals surface area contributed by atoms with Crippen LogP contribution in [0.5, 0.6) is 0 Å². The van der Waals surface area contributed by atoms with Crippen LogP contribution in [0.4, 0.5) is 0 Å². The Kier molecular flexibility index (Phi) is 5.15. The Balaban J connectivity index is 0.000000490. The smallest absolute Gasteiger partial charge is 0.436 e. The van der Waals surface area contributed by atoms with Crippen LogP contribution in [0.3, 0.4) is 0 Å². The summed E-state index contributed by atoms with van der Waals surface area (Å²) in [6, 6.07) is 0.